The van der Waals surface area contributed by atoms with E-state index in [0.29, 0.717) is 12.5 Å². The number of rotatable bonds is 7. The molecule has 0 saturated carbocycles. The predicted octanol–water partition coefficient (Wildman–Crippen LogP) is 2.24. The summed E-state index contributed by atoms with van der Waals surface area (Å²) in [5, 5.41) is 3.95. The molecule has 0 bridgehead atoms. The van der Waals surface area contributed by atoms with Crippen LogP contribution in [0.15, 0.2) is 29.3 Å². The number of ether oxygens (including phenoxy) is 1. The van der Waals surface area contributed by atoms with Crippen LogP contribution in [0.5, 0.6) is 0 Å². The molecule has 6 heteroatoms. The molecule has 1 aliphatic heterocycles. The van der Waals surface area contributed by atoms with E-state index in [0.717, 1.165) is 50.8 Å². The van der Waals surface area contributed by atoms with Crippen LogP contribution in [0.2, 0.25) is 5.02 Å². The van der Waals surface area contributed by atoms with Crippen LogP contribution in [-0.4, -0.2) is 56.8 Å². The fourth-order valence-corrected chi connectivity index (χ4v) is 2.80. The highest BCUT2D eigenvalue weighted by molar-refractivity contribution is 6.30. The molecule has 0 unspecified atom stereocenters. The van der Waals surface area contributed by atoms with E-state index in [1.165, 1.54) is 5.56 Å². The predicted molar refractivity (Wildman–Crippen MR) is 101 cm³/mol. The van der Waals surface area contributed by atoms with Gasteiger partial charge in [-0.05, 0) is 30.7 Å². The lowest BCUT2D eigenvalue weighted by molar-refractivity contribution is 0.0376. The molecule has 0 atom stereocenters. The molecule has 3 N–H and O–H groups in total. The van der Waals surface area contributed by atoms with Gasteiger partial charge in [-0.1, -0.05) is 37.6 Å². The van der Waals surface area contributed by atoms with Crippen molar-refractivity contribution in [2.24, 2.45) is 10.7 Å². The molecule has 5 nitrogen and oxygen atoms in total. The third-order valence-corrected chi connectivity index (χ3v) is 4.58. The molecule has 1 fully saturated rings. The summed E-state index contributed by atoms with van der Waals surface area (Å²) < 4.78 is 5.35. The zero-order valence-electron chi connectivity index (χ0n) is 14.7. The first-order valence-corrected chi connectivity index (χ1v) is 8.95. The number of hydrogen-bond acceptors (Lipinski definition) is 3. The van der Waals surface area contributed by atoms with E-state index < -0.39 is 0 Å². The van der Waals surface area contributed by atoms with Crippen LogP contribution in [0.3, 0.4) is 0 Å². The van der Waals surface area contributed by atoms with Crippen molar-refractivity contribution in [2.45, 2.75) is 25.7 Å². The van der Waals surface area contributed by atoms with Crippen molar-refractivity contribution in [1.29, 1.82) is 0 Å². The van der Waals surface area contributed by atoms with Gasteiger partial charge in [-0.2, -0.15) is 0 Å². The van der Waals surface area contributed by atoms with E-state index in [-0.39, 0.29) is 5.41 Å². The maximum Gasteiger partial charge on any atom is 0.188 e. The molecule has 0 aliphatic carbocycles. The van der Waals surface area contributed by atoms with Gasteiger partial charge in [-0.15, -0.1) is 0 Å². The third-order valence-electron chi connectivity index (χ3n) is 4.33. The Kier molecular flexibility index (Phi) is 7.34. The van der Waals surface area contributed by atoms with Crippen LogP contribution in [0.25, 0.3) is 0 Å². The first-order valence-electron chi connectivity index (χ1n) is 8.57. The lowest BCUT2D eigenvalue weighted by Gasteiger charge is -2.26. The van der Waals surface area contributed by atoms with E-state index in [4.69, 9.17) is 22.1 Å². The van der Waals surface area contributed by atoms with Crippen molar-refractivity contribution in [2.75, 3.05) is 45.9 Å². The molecule has 1 aliphatic rings. The van der Waals surface area contributed by atoms with Gasteiger partial charge in [0.2, 0.25) is 0 Å². The van der Waals surface area contributed by atoms with E-state index >= 15 is 0 Å². The number of halogens is 1. The van der Waals surface area contributed by atoms with Gasteiger partial charge in [0.1, 0.15) is 0 Å². The second-order valence-electron chi connectivity index (χ2n) is 6.83. The highest BCUT2D eigenvalue weighted by Crippen LogP contribution is 2.24. The Morgan fingerprint density at radius 1 is 1.29 bits per heavy atom. The van der Waals surface area contributed by atoms with Gasteiger partial charge < -0.3 is 15.8 Å². The average Bonchev–Trinajstić information content (AvgIpc) is 2.58. The van der Waals surface area contributed by atoms with Crippen molar-refractivity contribution in [3.05, 3.63) is 34.9 Å². The number of aliphatic imine (C=N–C) groups is 1. The summed E-state index contributed by atoms with van der Waals surface area (Å²) in [5.41, 5.74) is 7.11. The molecule has 0 radical (unpaired) electrons. The highest BCUT2D eigenvalue weighted by atomic mass is 35.5. The summed E-state index contributed by atoms with van der Waals surface area (Å²) >= 11 is 5.95. The average molecular weight is 353 g/mol. The minimum atomic E-state index is -0.0787. The van der Waals surface area contributed by atoms with Crippen LogP contribution in [0.1, 0.15) is 25.8 Å². The SMILES string of the molecule is CC(C)(CN=C(N)NCCCN1CCOCC1)c1ccc(Cl)cc1. The fourth-order valence-electron chi connectivity index (χ4n) is 2.67. The quantitative estimate of drug-likeness (QED) is 0.449. The van der Waals surface area contributed by atoms with Crippen LogP contribution in [0, 0.1) is 0 Å². The lowest BCUT2D eigenvalue weighted by atomic mass is 9.85. The zero-order chi connectivity index (χ0) is 17.4. The Bertz CT molecular complexity index is 524. The largest absolute Gasteiger partial charge is 0.379 e. The number of guanidine groups is 1. The summed E-state index contributed by atoms with van der Waals surface area (Å²) in [6, 6.07) is 7.92. The Morgan fingerprint density at radius 2 is 1.96 bits per heavy atom. The maximum atomic E-state index is 5.99. The minimum Gasteiger partial charge on any atom is -0.379 e. The Hall–Kier alpha value is -1.30. The smallest absolute Gasteiger partial charge is 0.188 e. The van der Waals surface area contributed by atoms with Gasteiger partial charge in [-0.3, -0.25) is 9.89 Å². The van der Waals surface area contributed by atoms with Crippen molar-refractivity contribution in [1.82, 2.24) is 10.2 Å². The fraction of sp³-hybridized carbons (Fsp3) is 0.611. The van der Waals surface area contributed by atoms with Gasteiger partial charge >= 0.3 is 0 Å². The molecule has 1 saturated heterocycles. The first-order chi connectivity index (χ1) is 11.5. The molecule has 24 heavy (non-hydrogen) atoms. The number of nitrogens with two attached hydrogens (primary N) is 1. The third kappa shape index (κ3) is 6.30. The van der Waals surface area contributed by atoms with Crippen LogP contribution >= 0.6 is 11.6 Å². The standard InChI is InChI=1S/C18H29ClN4O/c1-18(2,15-4-6-16(19)7-5-15)14-22-17(20)21-8-3-9-23-10-12-24-13-11-23/h4-7H,3,8-14H2,1-2H3,(H3,20,21,22). The molecule has 2 rings (SSSR count). The van der Waals surface area contributed by atoms with Crippen molar-refractivity contribution < 1.29 is 4.74 Å². The lowest BCUT2D eigenvalue weighted by Crippen LogP contribution is -2.39. The van der Waals surface area contributed by atoms with Gasteiger partial charge in [0.15, 0.2) is 5.96 Å². The molecule has 0 amide bonds. The van der Waals surface area contributed by atoms with E-state index in [2.05, 4.69) is 29.1 Å². The first kappa shape index (κ1) is 19.0. The van der Waals surface area contributed by atoms with Crippen molar-refractivity contribution in [3.8, 4) is 0 Å². The summed E-state index contributed by atoms with van der Waals surface area (Å²) in [5.74, 6) is 0.513. The second kappa shape index (κ2) is 9.25. The summed E-state index contributed by atoms with van der Waals surface area (Å²) in [6.45, 7) is 10.6. The van der Waals surface area contributed by atoms with E-state index in [1.807, 2.05) is 24.3 Å². The molecule has 0 spiro atoms. The number of morpholine rings is 1. The molecule has 134 valence electrons. The maximum absolute atomic E-state index is 5.99. The molecule has 1 heterocycles. The molecule has 1 aromatic carbocycles. The van der Waals surface area contributed by atoms with Gasteiger partial charge in [0, 0.05) is 30.1 Å². The number of hydrogen-bond donors (Lipinski definition) is 2. The number of benzene rings is 1. The molecular formula is C18H29ClN4O. The summed E-state index contributed by atoms with van der Waals surface area (Å²) in [7, 11) is 0. The van der Waals surface area contributed by atoms with Crippen LogP contribution < -0.4 is 11.1 Å². The van der Waals surface area contributed by atoms with Gasteiger partial charge in [0.05, 0.1) is 19.8 Å². The van der Waals surface area contributed by atoms with Gasteiger partial charge in [0.25, 0.3) is 0 Å². The van der Waals surface area contributed by atoms with Gasteiger partial charge in [-0.25, -0.2) is 0 Å². The monoisotopic (exact) mass is 352 g/mol. The summed E-state index contributed by atoms with van der Waals surface area (Å²) in [4.78, 5) is 6.91. The Morgan fingerprint density at radius 3 is 2.62 bits per heavy atom. The molecule has 1 aromatic rings. The zero-order valence-corrected chi connectivity index (χ0v) is 15.5. The molecular weight excluding hydrogens is 324 g/mol. The Labute approximate surface area is 150 Å². The van der Waals surface area contributed by atoms with E-state index in [1.54, 1.807) is 0 Å². The highest BCUT2D eigenvalue weighted by Gasteiger charge is 2.20. The van der Waals surface area contributed by atoms with Crippen LogP contribution in [0.4, 0.5) is 0 Å². The number of nitrogens with zero attached hydrogens (tertiary/aromatic N) is 2. The number of nitrogens with one attached hydrogen (secondary N) is 1. The molecule has 0 aromatic heterocycles. The summed E-state index contributed by atoms with van der Waals surface area (Å²) in [6.07, 6.45) is 1.05. The van der Waals surface area contributed by atoms with E-state index in [9.17, 15) is 0 Å². The van der Waals surface area contributed by atoms with Crippen molar-refractivity contribution in [3.63, 3.8) is 0 Å². The van der Waals surface area contributed by atoms with Crippen molar-refractivity contribution >= 4 is 17.6 Å². The normalized spacial score (nSPS) is 17.0. The Balaban J connectivity index is 1.71. The second-order valence-corrected chi connectivity index (χ2v) is 7.26. The minimum absolute atomic E-state index is 0.0787. The topological polar surface area (TPSA) is 62.9 Å². The van der Waals surface area contributed by atoms with Crippen LogP contribution in [-0.2, 0) is 10.2 Å².